The Hall–Kier alpha value is -2.41. The number of carbonyl (C=O) groups is 3. The molecule has 1 amide bonds. The maximum Gasteiger partial charge on any atom is 0.320 e. The second-order valence-corrected chi connectivity index (χ2v) is 8.14. The highest BCUT2D eigenvalue weighted by Gasteiger charge is 2.38. The van der Waals surface area contributed by atoms with Gasteiger partial charge in [-0.1, -0.05) is 37.3 Å². The first kappa shape index (κ1) is 22.9. The standard InChI is InChI=1S/C22H32N2O5/c1-16(14-19(23)21(27)28)15-20(26)29-22(9-8-18-6-4-3-5-7-18)10-12-24(13-11-22)17(2)25/h3-7,16,19H,8-15,23H2,1-2H3,(H,27,28)/t16?,19-/m0/s1. The van der Waals surface area contributed by atoms with Crippen LogP contribution in [-0.4, -0.2) is 52.6 Å². The number of carboxylic acids is 1. The van der Waals surface area contributed by atoms with Crippen molar-refractivity contribution in [3.05, 3.63) is 35.9 Å². The molecule has 0 radical (unpaired) electrons. The van der Waals surface area contributed by atoms with Crippen LogP contribution < -0.4 is 5.73 Å². The van der Waals surface area contributed by atoms with Crippen LogP contribution in [0.3, 0.4) is 0 Å². The zero-order valence-electron chi connectivity index (χ0n) is 17.3. The number of aliphatic carboxylic acids is 1. The lowest BCUT2D eigenvalue weighted by molar-refractivity contribution is -0.168. The van der Waals surface area contributed by atoms with Crippen LogP contribution in [0.1, 0.15) is 51.5 Å². The van der Waals surface area contributed by atoms with E-state index in [0.717, 1.165) is 6.42 Å². The summed E-state index contributed by atoms with van der Waals surface area (Å²) in [5.74, 6) is -1.55. The number of piperidine rings is 1. The fraction of sp³-hybridized carbons (Fsp3) is 0.591. The Balaban J connectivity index is 2.00. The van der Waals surface area contributed by atoms with E-state index in [1.807, 2.05) is 18.2 Å². The van der Waals surface area contributed by atoms with Gasteiger partial charge in [0.2, 0.25) is 5.91 Å². The number of ether oxygens (including phenoxy) is 1. The van der Waals surface area contributed by atoms with Crippen LogP contribution in [0.5, 0.6) is 0 Å². The number of esters is 1. The van der Waals surface area contributed by atoms with Crippen molar-refractivity contribution in [1.82, 2.24) is 4.90 Å². The third-order valence-corrected chi connectivity index (χ3v) is 5.65. The molecule has 29 heavy (non-hydrogen) atoms. The number of carboxylic acid groups (broad SMARTS) is 1. The minimum Gasteiger partial charge on any atom is -0.480 e. The number of likely N-dealkylation sites (tertiary alicyclic amines) is 1. The summed E-state index contributed by atoms with van der Waals surface area (Å²) >= 11 is 0. The molecule has 1 unspecified atom stereocenters. The molecule has 160 valence electrons. The van der Waals surface area contributed by atoms with E-state index in [0.29, 0.717) is 32.4 Å². The third kappa shape index (κ3) is 7.16. The van der Waals surface area contributed by atoms with Crippen LogP contribution in [0.2, 0.25) is 0 Å². The minimum absolute atomic E-state index is 0.0317. The molecule has 1 fully saturated rings. The molecule has 1 aromatic carbocycles. The fourth-order valence-electron chi connectivity index (χ4n) is 3.83. The van der Waals surface area contributed by atoms with Gasteiger partial charge in [-0.05, 0) is 30.7 Å². The molecule has 2 rings (SSSR count). The highest BCUT2D eigenvalue weighted by molar-refractivity contribution is 5.74. The monoisotopic (exact) mass is 404 g/mol. The van der Waals surface area contributed by atoms with Crippen molar-refractivity contribution in [2.75, 3.05) is 13.1 Å². The molecule has 0 aliphatic carbocycles. The van der Waals surface area contributed by atoms with E-state index in [4.69, 9.17) is 15.6 Å². The highest BCUT2D eigenvalue weighted by Crippen LogP contribution is 2.32. The number of hydrogen-bond donors (Lipinski definition) is 2. The van der Waals surface area contributed by atoms with E-state index < -0.39 is 17.6 Å². The number of benzene rings is 1. The van der Waals surface area contributed by atoms with Crippen molar-refractivity contribution in [3.63, 3.8) is 0 Å². The van der Waals surface area contributed by atoms with Crippen LogP contribution >= 0.6 is 0 Å². The highest BCUT2D eigenvalue weighted by atomic mass is 16.6. The topological polar surface area (TPSA) is 110 Å². The van der Waals surface area contributed by atoms with E-state index in [1.54, 1.807) is 18.7 Å². The molecule has 0 bridgehead atoms. The number of rotatable bonds is 9. The molecular weight excluding hydrogens is 372 g/mol. The minimum atomic E-state index is -1.07. The Labute approximate surface area is 172 Å². The predicted molar refractivity (Wildman–Crippen MR) is 109 cm³/mol. The lowest BCUT2D eigenvalue weighted by atomic mass is 9.85. The van der Waals surface area contributed by atoms with Crippen molar-refractivity contribution in [3.8, 4) is 0 Å². The van der Waals surface area contributed by atoms with E-state index in [-0.39, 0.29) is 30.6 Å². The molecule has 3 N–H and O–H groups in total. The normalized spacial score (nSPS) is 18.0. The fourth-order valence-corrected chi connectivity index (χ4v) is 3.83. The summed E-state index contributed by atoms with van der Waals surface area (Å²) in [5, 5.41) is 8.94. The van der Waals surface area contributed by atoms with Crippen LogP contribution in [-0.2, 0) is 25.5 Å². The first-order valence-corrected chi connectivity index (χ1v) is 10.2. The average Bonchev–Trinajstić information content (AvgIpc) is 2.67. The molecule has 0 aromatic heterocycles. The molecule has 1 heterocycles. The zero-order chi connectivity index (χ0) is 21.4. The van der Waals surface area contributed by atoms with E-state index in [9.17, 15) is 14.4 Å². The van der Waals surface area contributed by atoms with Gasteiger partial charge in [-0.3, -0.25) is 14.4 Å². The summed E-state index contributed by atoms with van der Waals surface area (Å²) < 4.78 is 5.98. The van der Waals surface area contributed by atoms with Gasteiger partial charge in [-0.25, -0.2) is 0 Å². The van der Waals surface area contributed by atoms with Crippen molar-refractivity contribution in [2.45, 2.75) is 64.0 Å². The van der Waals surface area contributed by atoms with Gasteiger partial charge in [0, 0.05) is 39.3 Å². The SMILES string of the molecule is CC(=O)N1CCC(CCc2ccccc2)(OC(=O)CC(C)C[C@H](N)C(=O)O)CC1. The van der Waals surface area contributed by atoms with E-state index in [1.165, 1.54) is 5.56 Å². The van der Waals surface area contributed by atoms with Crippen LogP contribution in [0.4, 0.5) is 0 Å². The second kappa shape index (κ2) is 10.4. The summed E-state index contributed by atoms with van der Waals surface area (Å²) in [4.78, 5) is 37.0. The lowest BCUT2D eigenvalue weighted by Crippen LogP contribution is -2.48. The maximum absolute atomic E-state index is 12.6. The first-order valence-electron chi connectivity index (χ1n) is 10.2. The molecule has 1 aromatic rings. The number of carbonyl (C=O) groups excluding carboxylic acids is 2. The van der Waals surface area contributed by atoms with Gasteiger partial charge in [-0.2, -0.15) is 0 Å². The number of nitrogens with two attached hydrogens (primary N) is 1. The van der Waals surface area contributed by atoms with Gasteiger partial charge in [0.25, 0.3) is 0 Å². The quantitative estimate of drug-likeness (QED) is 0.612. The maximum atomic E-state index is 12.6. The average molecular weight is 405 g/mol. The van der Waals surface area contributed by atoms with E-state index >= 15 is 0 Å². The van der Waals surface area contributed by atoms with Crippen molar-refractivity contribution >= 4 is 17.8 Å². The van der Waals surface area contributed by atoms with Gasteiger partial charge in [0.1, 0.15) is 11.6 Å². The van der Waals surface area contributed by atoms with Crippen LogP contribution in [0.15, 0.2) is 30.3 Å². The molecule has 0 spiro atoms. The lowest BCUT2D eigenvalue weighted by Gasteiger charge is -2.41. The Morgan fingerprint density at radius 2 is 1.83 bits per heavy atom. The largest absolute Gasteiger partial charge is 0.480 e. The Morgan fingerprint density at radius 1 is 1.21 bits per heavy atom. The number of nitrogens with zero attached hydrogens (tertiary/aromatic N) is 1. The second-order valence-electron chi connectivity index (χ2n) is 8.14. The number of amides is 1. The summed E-state index contributed by atoms with van der Waals surface area (Å²) in [5.41, 5.74) is 6.14. The molecule has 0 saturated carbocycles. The van der Waals surface area contributed by atoms with Crippen LogP contribution in [0, 0.1) is 5.92 Å². The summed E-state index contributed by atoms with van der Waals surface area (Å²) in [6.07, 6.45) is 3.04. The molecular formula is C22H32N2O5. The molecule has 1 aliphatic heterocycles. The summed E-state index contributed by atoms with van der Waals surface area (Å²) in [6.45, 7) is 4.49. The molecule has 1 saturated heterocycles. The smallest absolute Gasteiger partial charge is 0.320 e. The van der Waals surface area contributed by atoms with Gasteiger partial charge in [0.15, 0.2) is 0 Å². The third-order valence-electron chi connectivity index (χ3n) is 5.65. The van der Waals surface area contributed by atoms with Crippen molar-refractivity contribution in [2.24, 2.45) is 11.7 Å². The van der Waals surface area contributed by atoms with Gasteiger partial charge in [-0.15, -0.1) is 0 Å². The zero-order valence-corrected chi connectivity index (χ0v) is 17.3. The van der Waals surface area contributed by atoms with Gasteiger partial charge >= 0.3 is 11.9 Å². The molecule has 7 heteroatoms. The van der Waals surface area contributed by atoms with Gasteiger partial charge in [0.05, 0.1) is 0 Å². The Morgan fingerprint density at radius 3 is 2.38 bits per heavy atom. The predicted octanol–water partition coefficient (Wildman–Crippen LogP) is 2.37. The summed E-state index contributed by atoms with van der Waals surface area (Å²) in [7, 11) is 0. The number of hydrogen-bond acceptors (Lipinski definition) is 5. The van der Waals surface area contributed by atoms with E-state index in [2.05, 4.69) is 12.1 Å². The Bertz CT molecular complexity index is 698. The summed E-state index contributed by atoms with van der Waals surface area (Å²) in [6, 6.07) is 9.06. The molecule has 2 atom stereocenters. The molecule has 7 nitrogen and oxygen atoms in total. The number of aryl methyl sites for hydroxylation is 1. The van der Waals surface area contributed by atoms with Crippen molar-refractivity contribution in [1.29, 1.82) is 0 Å². The van der Waals surface area contributed by atoms with Crippen molar-refractivity contribution < 1.29 is 24.2 Å². The van der Waals surface area contributed by atoms with Crippen LogP contribution in [0.25, 0.3) is 0 Å². The Kier molecular flexibility index (Phi) is 8.20. The van der Waals surface area contributed by atoms with Gasteiger partial charge < -0.3 is 20.5 Å². The molecule has 1 aliphatic rings. The first-order chi connectivity index (χ1) is 13.7.